The Balaban J connectivity index is 0.000000281. The van der Waals surface area contributed by atoms with Crippen LogP contribution < -0.4 is 4.74 Å². The zero-order chi connectivity index (χ0) is 23.4. The zero-order valence-corrected chi connectivity index (χ0v) is 18.1. The van der Waals surface area contributed by atoms with Crippen molar-refractivity contribution in [3.8, 4) is 17.1 Å². The molecule has 2 aromatic heterocycles. The van der Waals surface area contributed by atoms with E-state index in [1.54, 1.807) is 0 Å². The van der Waals surface area contributed by atoms with Crippen LogP contribution in [0.3, 0.4) is 0 Å². The molecule has 4 heterocycles. The van der Waals surface area contributed by atoms with Crippen LogP contribution in [-0.4, -0.2) is 72.7 Å². The Hall–Kier alpha value is -3.79. The third-order valence-electron chi connectivity index (χ3n) is 6.09. The highest BCUT2D eigenvalue weighted by Crippen LogP contribution is 2.35. The number of benzene rings is 1. The number of hydrogen-bond acceptors (Lipinski definition) is 7. The summed E-state index contributed by atoms with van der Waals surface area (Å²) >= 11 is 0. The van der Waals surface area contributed by atoms with Crippen LogP contribution in [0.25, 0.3) is 22.2 Å². The van der Waals surface area contributed by atoms with Gasteiger partial charge in [-0.2, -0.15) is 5.10 Å². The molecule has 33 heavy (non-hydrogen) atoms. The fraction of sp³-hybridized carbons (Fsp3) is 0.348. The van der Waals surface area contributed by atoms with Crippen molar-refractivity contribution in [3.05, 3.63) is 48.7 Å². The van der Waals surface area contributed by atoms with E-state index in [-0.39, 0.29) is 6.10 Å². The number of H-pyrrole nitrogens is 1. The van der Waals surface area contributed by atoms with E-state index in [1.165, 1.54) is 12.8 Å². The molecule has 2 fully saturated rings. The van der Waals surface area contributed by atoms with Gasteiger partial charge in [0.05, 0.1) is 17.4 Å². The third kappa shape index (κ3) is 5.53. The Morgan fingerprint density at radius 3 is 2.36 bits per heavy atom. The summed E-state index contributed by atoms with van der Waals surface area (Å²) in [5.41, 5.74) is 2.90. The van der Waals surface area contributed by atoms with Gasteiger partial charge in [-0.15, -0.1) is 10.2 Å². The van der Waals surface area contributed by atoms with E-state index in [2.05, 4.69) is 38.4 Å². The third-order valence-corrected chi connectivity index (χ3v) is 6.09. The second-order valence-electron chi connectivity index (χ2n) is 8.20. The number of carboxylic acid groups (broad SMARTS) is 2. The largest absolute Gasteiger partial charge is 0.478 e. The van der Waals surface area contributed by atoms with Crippen LogP contribution in [0.15, 0.2) is 48.7 Å². The van der Waals surface area contributed by atoms with Crippen molar-refractivity contribution in [3.63, 3.8) is 0 Å². The molecule has 5 rings (SSSR count). The van der Waals surface area contributed by atoms with Gasteiger partial charge in [-0.05, 0) is 50.9 Å². The quantitative estimate of drug-likeness (QED) is 0.499. The van der Waals surface area contributed by atoms with E-state index in [0.717, 1.165) is 35.0 Å². The van der Waals surface area contributed by atoms with Gasteiger partial charge in [0.25, 0.3) is 0 Å². The Bertz CT molecular complexity index is 1130. The number of nitrogens with one attached hydrogen (secondary N) is 1. The fourth-order valence-electron chi connectivity index (χ4n) is 4.41. The maximum absolute atomic E-state index is 9.55. The van der Waals surface area contributed by atoms with Crippen molar-refractivity contribution in [2.45, 2.75) is 43.9 Å². The molecule has 0 radical (unpaired) electrons. The van der Waals surface area contributed by atoms with Crippen molar-refractivity contribution >= 4 is 22.8 Å². The molecule has 1 aromatic carbocycles. The highest BCUT2D eigenvalue weighted by atomic mass is 16.5. The molecule has 10 heteroatoms. The van der Waals surface area contributed by atoms with Crippen molar-refractivity contribution in [1.29, 1.82) is 0 Å². The summed E-state index contributed by atoms with van der Waals surface area (Å²) in [5.74, 6) is -1.89. The molecule has 2 aliphatic rings. The number of nitrogens with zero attached hydrogens (tertiary/aromatic N) is 4. The topological polar surface area (TPSA) is 142 Å². The van der Waals surface area contributed by atoms with Gasteiger partial charge in [-0.25, -0.2) is 9.59 Å². The second kappa shape index (κ2) is 9.78. The molecular formula is C23H25N5O5. The first-order valence-electron chi connectivity index (χ1n) is 10.7. The SMILES string of the molecule is CN1C2CCC1CC(Oc1ccc(-c3ccc4[nH]ncc4c3)nn1)C2.O=C(O)/C=C/C(=O)O. The lowest BCUT2D eigenvalue weighted by Crippen LogP contribution is -2.43. The van der Waals surface area contributed by atoms with Gasteiger partial charge in [-0.3, -0.25) is 5.10 Å². The number of hydrogen-bond donors (Lipinski definition) is 3. The van der Waals surface area contributed by atoms with Gasteiger partial charge in [0.2, 0.25) is 5.88 Å². The smallest absolute Gasteiger partial charge is 0.328 e. The summed E-state index contributed by atoms with van der Waals surface area (Å²) in [5, 5.41) is 32.4. The monoisotopic (exact) mass is 451 g/mol. The molecule has 3 N–H and O–H groups in total. The summed E-state index contributed by atoms with van der Waals surface area (Å²) < 4.78 is 6.12. The summed E-state index contributed by atoms with van der Waals surface area (Å²) in [4.78, 5) is 21.6. The molecule has 2 atom stereocenters. The highest BCUT2D eigenvalue weighted by Gasteiger charge is 2.39. The molecule has 172 valence electrons. The number of aromatic nitrogens is 4. The average molecular weight is 451 g/mol. The first-order valence-corrected chi connectivity index (χ1v) is 10.7. The molecule has 2 aliphatic heterocycles. The highest BCUT2D eigenvalue weighted by molar-refractivity contribution is 5.89. The first kappa shape index (κ1) is 22.4. The number of rotatable bonds is 5. The lowest BCUT2D eigenvalue weighted by Gasteiger charge is -2.35. The van der Waals surface area contributed by atoms with E-state index in [1.807, 2.05) is 30.5 Å². The first-order chi connectivity index (χ1) is 15.9. The van der Waals surface area contributed by atoms with Crippen LogP contribution in [0, 0.1) is 0 Å². The lowest BCUT2D eigenvalue weighted by molar-refractivity contribution is -0.134. The number of aromatic amines is 1. The summed E-state index contributed by atoms with van der Waals surface area (Å²) in [7, 11) is 2.24. The Labute approximate surface area is 189 Å². The summed E-state index contributed by atoms with van der Waals surface area (Å²) in [6.07, 6.45) is 7.96. The number of carboxylic acids is 2. The van der Waals surface area contributed by atoms with Gasteiger partial charge in [-0.1, -0.05) is 6.07 Å². The van der Waals surface area contributed by atoms with E-state index < -0.39 is 11.9 Å². The van der Waals surface area contributed by atoms with E-state index in [0.29, 0.717) is 30.1 Å². The van der Waals surface area contributed by atoms with Crippen LogP contribution in [0.2, 0.25) is 0 Å². The molecular weight excluding hydrogens is 426 g/mol. The normalized spacial score (nSPS) is 22.2. The minimum absolute atomic E-state index is 0.260. The lowest BCUT2D eigenvalue weighted by atomic mass is 10.0. The zero-order valence-electron chi connectivity index (χ0n) is 18.1. The number of fused-ring (bicyclic) bond motifs is 3. The average Bonchev–Trinajstić information content (AvgIpc) is 3.33. The molecule has 2 unspecified atom stereocenters. The number of piperidine rings is 1. The van der Waals surface area contributed by atoms with Gasteiger partial charge in [0.1, 0.15) is 6.10 Å². The predicted octanol–water partition coefficient (Wildman–Crippen LogP) is 2.74. The molecule has 2 saturated heterocycles. The summed E-state index contributed by atoms with van der Waals surface area (Å²) in [6, 6.07) is 11.3. The molecule has 10 nitrogen and oxygen atoms in total. The fourth-order valence-corrected chi connectivity index (χ4v) is 4.41. The van der Waals surface area contributed by atoms with Gasteiger partial charge in [0.15, 0.2) is 0 Å². The van der Waals surface area contributed by atoms with Crippen LogP contribution in [0.1, 0.15) is 25.7 Å². The van der Waals surface area contributed by atoms with Gasteiger partial charge in [0, 0.05) is 41.3 Å². The summed E-state index contributed by atoms with van der Waals surface area (Å²) in [6.45, 7) is 0. The molecule has 2 bridgehead atoms. The van der Waals surface area contributed by atoms with E-state index in [4.69, 9.17) is 14.9 Å². The van der Waals surface area contributed by atoms with Crippen molar-refractivity contribution in [1.82, 2.24) is 25.3 Å². The molecule has 3 aromatic rings. The number of carbonyl (C=O) groups is 2. The Morgan fingerprint density at radius 1 is 1.06 bits per heavy atom. The Morgan fingerprint density at radius 2 is 1.76 bits per heavy atom. The van der Waals surface area contributed by atoms with Crippen LogP contribution in [0.4, 0.5) is 0 Å². The molecule has 0 amide bonds. The minimum atomic E-state index is -1.26. The molecule has 0 spiro atoms. The van der Waals surface area contributed by atoms with Crippen molar-refractivity contribution in [2.24, 2.45) is 0 Å². The van der Waals surface area contributed by atoms with E-state index in [9.17, 15) is 9.59 Å². The standard InChI is InChI=1S/C19H21N5O.C4H4O4/c1-24-14-3-4-15(24)10-16(9-14)25-19-7-6-17(22-23-19)12-2-5-18-13(8-12)11-20-21-18;5-3(6)1-2-4(7)8/h2,5-8,11,14-16H,3-4,9-10H2,1H3,(H,20,21);1-2H,(H,5,6)(H,7,8)/b;2-1+. The molecule has 0 saturated carbocycles. The van der Waals surface area contributed by atoms with Crippen molar-refractivity contribution in [2.75, 3.05) is 7.05 Å². The maximum atomic E-state index is 9.55. The Kier molecular flexibility index (Phi) is 6.64. The second-order valence-corrected chi connectivity index (χ2v) is 8.20. The predicted molar refractivity (Wildman–Crippen MR) is 120 cm³/mol. The van der Waals surface area contributed by atoms with Gasteiger partial charge >= 0.3 is 11.9 Å². The van der Waals surface area contributed by atoms with Crippen LogP contribution in [0.5, 0.6) is 5.88 Å². The van der Waals surface area contributed by atoms with Crippen molar-refractivity contribution < 1.29 is 24.5 Å². The van der Waals surface area contributed by atoms with Gasteiger partial charge < -0.3 is 19.8 Å². The minimum Gasteiger partial charge on any atom is -0.478 e. The number of ether oxygens (including phenoxy) is 1. The van der Waals surface area contributed by atoms with Crippen LogP contribution in [-0.2, 0) is 9.59 Å². The number of aliphatic carboxylic acids is 2. The van der Waals surface area contributed by atoms with E-state index >= 15 is 0 Å². The molecule has 0 aliphatic carbocycles. The maximum Gasteiger partial charge on any atom is 0.328 e. The van der Waals surface area contributed by atoms with Crippen LogP contribution >= 0.6 is 0 Å².